The van der Waals surface area contributed by atoms with E-state index >= 15 is 0 Å². The fourth-order valence-corrected chi connectivity index (χ4v) is 2.69. The molecule has 0 spiro atoms. The molecule has 1 fully saturated rings. The van der Waals surface area contributed by atoms with Crippen LogP contribution in [0.3, 0.4) is 0 Å². The minimum Gasteiger partial charge on any atom is -0.405 e. The minimum absolute atomic E-state index is 0. The molecule has 1 aromatic rings. The number of carbonyl (C=O) groups is 1. The molecule has 7 nitrogen and oxygen atoms in total. The molecule has 1 amide bonds. The molecule has 2 rings (SSSR count). The van der Waals surface area contributed by atoms with Gasteiger partial charge in [0.25, 0.3) is 0 Å². The molecule has 1 aromatic carbocycles. The maximum Gasteiger partial charge on any atom is 0.573 e. The van der Waals surface area contributed by atoms with Crippen LogP contribution in [0.2, 0.25) is 0 Å². The number of nitrogens with zero attached hydrogens (tertiary/aromatic N) is 2. The molecule has 0 radical (unpaired) electrons. The van der Waals surface area contributed by atoms with E-state index in [0.717, 1.165) is 19.3 Å². The molecule has 1 heterocycles. The zero-order valence-electron chi connectivity index (χ0n) is 17.0. The van der Waals surface area contributed by atoms with Crippen molar-refractivity contribution >= 4 is 35.8 Å². The number of amides is 1. The van der Waals surface area contributed by atoms with Gasteiger partial charge in [-0.1, -0.05) is 18.2 Å². The second kappa shape index (κ2) is 12.8. The second-order valence-corrected chi connectivity index (χ2v) is 6.83. The zero-order chi connectivity index (χ0) is 21.3. The van der Waals surface area contributed by atoms with E-state index < -0.39 is 6.36 Å². The molecule has 0 aliphatic carbocycles. The lowest BCUT2D eigenvalue weighted by atomic mass is 10.1. The van der Waals surface area contributed by atoms with Gasteiger partial charge in [-0.15, -0.1) is 37.1 Å². The van der Waals surface area contributed by atoms with Crippen molar-refractivity contribution in [1.29, 1.82) is 0 Å². The monoisotopic (exact) mass is 544 g/mol. The van der Waals surface area contributed by atoms with E-state index in [-0.39, 0.29) is 60.4 Å². The molecule has 0 saturated carbocycles. The summed E-state index contributed by atoms with van der Waals surface area (Å²) in [5.41, 5.74) is 0.277. The summed E-state index contributed by atoms with van der Waals surface area (Å²) in [5.74, 6) is -0.145. The van der Waals surface area contributed by atoms with E-state index in [2.05, 4.69) is 20.4 Å². The van der Waals surface area contributed by atoms with Gasteiger partial charge in [-0.2, -0.15) is 0 Å². The number of benzene rings is 1. The number of alkyl halides is 3. The maximum atomic E-state index is 12.6. The van der Waals surface area contributed by atoms with Crippen molar-refractivity contribution < 1.29 is 27.4 Å². The van der Waals surface area contributed by atoms with Gasteiger partial charge in [0.1, 0.15) is 5.75 Å². The van der Waals surface area contributed by atoms with Gasteiger partial charge in [-0.05, 0) is 25.3 Å². The third kappa shape index (κ3) is 9.83. The first kappa shape index (κ1) is 26.3. The van der Waals surface area contributed by atoms with Crippen LogP contribution in [0.4, 0.5) is 13.2 Å². The third-order valence-electron chi connectivity index (χ3n) is 4.28. The van der Waals surface area contributed by atoms with Crippen molar-refractivity contribution in [3.63, 3.8) is 0 Å². The average Bonchev–Trinajstić information content (AvgIpc) is 2.67. The van der Waals surface area contributed by atoms with Crippen LogP contribution < -0.4 is 15.4 Å². The number of likely N-dealkylation sites (N-methyl/N-ethyl adjacent to an activating group) is 1. The summed E-state index contributed by atoms with van der Waals surface area (Å²) in [5, 5.41) is 6.01. The predicted molar refractivity (Wildman–Crippen MR) is 118 cm³/mol. The molecular formula is C19H28F3IN4O3. The van der Waals surface area contributed by atoms with Crippen LogP contribution in [0.5, 0.6) is 5.75 Å². The maximum absolute atomic E-state index is 12.6. The van der Waals surface area contributed by atoms with Gasteiger partial charge >= 0.3 is 6.36 Å². The Balaban J connectivity index is 0.00000450. The normalized spacial score (nSPS) is 17.0. The molecule has 1 saturated heterocycles. The smallest absolute Gasteiger partial charge is 0.405 e. The van der Waals surface area contributed by atoms with Crippen LogP contribution in [0, 0.1) is 0 Å². The Morgan fingerprint density at radius 2 is 2.00 bits per heavy atom. The third-order valence-corrected chi connectivity index (χ3v) is 4.28. The highest BCUT2D eigenvalue weighted by atomic mass is 127. The summed E-state index contributed by atoms with van der Waals surface area (Å²) in [7, 11) is 3.27. The van der Waals surface area contributed by atoms with E-state index in [4.69, 9.17) is 4.74 Å². The molecular weight excluding hydrogens is 516 g/mol. The fraction of sp³-hybridized carbons (Fsp3) is 0.579. The lowest BCUT2D eigenvalue weighted by Gasteiger charge is -2.24. The molecule has 1 unspecified atom stereocenters. The predicted octanol–water partition coefficient (Wildman–Crippen LogP) is 2.90. The number of halogens is 4. The molecule has 2 N–H and O–H groups in total. The molecule has 0 bridgehead atoms. The molecule has 170 valence electrons. The minimum atomic E-state index is -4.78. The lowest BCUT2D eigenvalue weighted by Crippen LogP contribution is -2.45. The van der Waals surface area contributed by atoms with Crippen LogP contribution in [0.25, 0.3) is 0 Å². The van der Waals surface area contributed by atoms with Gasteiger partial charge in [-0.25, -0.2) is 4.99 Å². The van der Waals surface area contributed by atoms with Gasteiger partial charge in [0.05, 0.1) is 19.2 Å². The van der Waals surface area contributed by atoms with Gasteiger partial charge < -0.3 is 25.0 Å². The van der Waals surface area contributed by atoms with Crippen molar-refractivity contribution in [2.24, 2.45) is 4.99 Å². The van der Waals surface area contributed by atoms with Gasteiger partial charge in [0.15, 0.2) is 5.96 Å². The first-order valence-corrected chi connectivity index (χ1v) is 9.42. The summed E-state index contributed by atoms with van der Waals surface area (Å²) < 4.78 is 47.5. The van der Waals surface area contributed by atoms with E-state index in [0.29, 0.717) is 19.1 Å². The Morgan fingerprint density at radius 3 is 2.63 bits per heavy atom. The van der Waals surface area contributed by atoms with Crippen LogP contribution in [-0.2, 0) is 16.1 Å². The Morgan fingerprint density at radius 1 is 1.27 bits per heavy atom. The fourth-order valence-electron chi connectivity index (χ4n) is 2.69. The quantitative estimate of drug-likeness (QED) is 0.314. The van der Waals surface area contributed by atoms with Crippen molar-refractivity contribution in [2.75, 3.05) is 33.8 Å². The standard InChI is InChI=1S/C19H27F3N4O3.HI/c1-26(2)17(27)13-25-18(24-12-15-8-5-6-10-28-15)23-11-14-7-3-4-9-16(14)29-19(20,21)22;/h3-4,7,9,15H,5-6,8,10-13H2,1-2H3,(H2,23,24,25);1H. The molecule has 11 heteroatoms. The van der Waals surface area contributed by atoms with E-state index in [1.165, 1.54) is 23.1 Å². The van der Waals surface area contributed by atoms with Crippen LogP contribution in [0.15, 0.2) is 29.3 Å². The van der Waals surface area contributed by atoms with Crippen molar-refractivity contribution in [3.8, 4) is 5.75 Å². The first-order chi connectivity index (χ1) is 13.7. The van der Waals surface area contributed by atoms with Crippen molar-refractivity contribution in [1.82, 2.24) is 15.5 Å². The number of carbonyl (C=O) groups excluding carboxylic acids is 1. The Labute approximate surface area is 191 Å². The lowest BCUT2D eigenvalue weighted by molar-refractivity contribution is -0.274. The summed E-state index contributed by atoms with van der Waals surface area (Å²) >= 11 is 0. The molecule has 0 aromatic heterocycles. The Kier molecular flexibility index (Phi) is 11.2. The molecule has 30 heavy (non-hydrogen) atoms. The number of guanidine groups is 1. The van der Waals surface area contributed by atoms with Gasteiger partial charge in [-0.3, -0.25) is 4.79 Å². The highest BCUT2D eigenvalue weighted by Crippen LogP contribution is 2.26. The SMILES string of the molecule is CN(C)C(=O)CNC(=NCc1ccccc1OC(F)(F)F)NCC1CCCCO1.I. The van der Waals surface area contributed by atoms with Crippen LogP contribution >= 0.6 is 24.0 Å². The molecule has 1 atom stereocenters. The highest BCUT2D eigenvalue weighted by Gasteiger charge is 2.31. The Hall–Kier alpha value is -1.76. The Bertz CT molecular complexity index is 696. The average molecular weight is 544 g/mol. The number of hydrogen-bond acceptors (Lipinski definition) is 4. The van der Waals surface area contributed by atoms with Crippen molar-refractivity contribution in [3.05, 3.63) is 29.8 Å². The number of para-hydroxylation sites is 1. The number of aliphatic imine (C=N–C) groups is 1. The highest BCUT2D eigenvalue weighted by molar-refractivity contribution is 14.0. The number of nitrogens with one attached hydrogen (secondary N) is 2. The molecule has 1 aliphatic heterocycles. The number of hydrogen-bond donors (Lipinski definition) is 2. The number of ether oxygens (including phenoxy) is 2. The second-order valence-electron chi connectivity index (χ2n) is 6.83. The zero-order valence-corrected chi connectivity index (χ0v) is 19.3. The van der Waals surface area contributed by atoms with Gasteiger partial charge in [0.2, 0.25) is 5.91 Å². The topological polar surface area (TPSA) is 75.2 Å². The van der Waals surface area contributed by atoms with Gasteiger partial charge in [0, 0.05) is 32.8 Å². The van der Waals surface area contributed by atoms with Crippen LogP contribution in [-0.4, -0.2) is 63.0 Å². The number of rotatable bonds is 7. The summed E-state index contributed by atoms with van der Waals surface area (Å²) in [4.78, 5) is 17.6. The summed E-state index contributed by atoms with van der Waals surface area (Å²) in [6, 6.07) is 5.82. The van der Waals surface area contributed by atoms with Crippen molar-refractivity contribution in [2.45, 2.75) is 38.3 Å². The summed E-state index contributed by atoms with van der Waals surface area (Å²) in [6.45, 7) is 1.14. The first-order valence-electron chi connectivity index (χ1n) is 9.42. The van der Waals surface area contributed by atoms with E-state index in [1.807, 2.05) is 0 Å². The molecule has 1 aliphatic rings. The van der Waals surface area contributed by atoms with Crippen LogP contribution in [0.1, 0.15) is 24.8 Å². The van der Waals surface area contributed by atoms with E-state index in [9.17, 15) is 18.0 Å². The van der Waals surface area contributed by atoms with E-state index in [1.54, 1.807) is 20.2 Å². The summed E-state index contributed by atoms with van der Waals surface area (Å²) in [6.07, 6.45) is -1.73. The largest absolute Gasteiger partial charge is 0.573 e.